The van der Waals surface area contributed by atoms with Crippen molar-refractivity contribution in [3.8, 4) is 5.75 Å². The van der Waals surface area contributed by atoms with Crippen molar-refractivity contribution in [2.75, 3.05) is 18.5 Å². The van der Waals surface area contributed by atoms with Crippen molar-refractivity contribution in [2.24, 2.45) is 0 Å². The zero-order chi connectivity index (χ0) is 21.7. The predicted octanol–water partition coefficient (Wildman–Crippen LogP) is 4.01. The van der Waals surface area contributed by atoms with Crippen molar-refractivity contribution in [1.29, 1.82) is 0 Å². The van der Waals surface area contributed by atoms with Gasteiger partial charge in [0.2, 0.25) is 0 Å². The Bertz CT molecular complexity index is 944. The molecule has 1 aliphatic carbocycles. The summed E-state index contributed by atoms with van der Waals surface area (Å²) >= 11 is 0. The Morgan fingerprint density at radius 3 is 2.47 bits per heavy atom. The minimum Gasteiger partial charge on any atom is -0.483 e. The third-order valence-corrected chi connectivity index (χ3v) is 4.66. The molecule has 0 aliphatic heterocycles. The summed E-state index contributed by atoms with van der Waals surface area (Å²) in [6.45, 7) is -1.98. The van der Waals surface area contributed by atoms with Crippen molar-refractivity contribution < 1.29 is 31.9 Å². The summed E-state index contributed by atoms with van der Waals surface area (Å²) in [7, 11) is 0. The van der Waals surface area contributed by atoms with E-state index >= 15 is 0 Å². The van der Waals surface area contributed by atoms with E-state index in [0.717, 1.165) is 24.0 Å². The number of carbonyl (C=O) groups is 2. The molecule has 5 nitrogen and oxygen atoms in total. The smallest absolute Gasteiger partial charge is 0.405 e. The highest BCUT2D eigenvalue weighted by atomic mass is 19.4. The van der Waals surface area contributed by atoms with Gasteiger partial charge >= 0.3 is 6.18 Å². The summed E-state index contributed by atoms with van der Waals surface area (Å²) in [6, 6.07) is 8.62. The molecule has 2 N–H and O–H groups in total. The molecular weight excluding hydrogens is 404 g/mol. The van der Waals surface area contributed by atoms with E-state index in [9.17, 15) is 27.2 Å². The zero-order valence-corrected chi connectivity index (χ0v) is 15.9. The van der Waals surface area contributed by atoms with E-state index < -0.39 is 37.0 Å². The van der Waals surface area contributed by atoms with Crippen LogP contribution in [-0.2, 0) is 17.6 Å². The number of fused-ring (bicyclic) bond motifs is 1. The van der Waals surface area contributed by atoms with Gasteiger partial charge in [-0.05, 0) is 67.1 Å². The molecule has 9 heteroatoms. The van der Waals surface area contributed by atoms with Gasteiger partial charge in [-0.2, -0.15) is 13.2 Å². The van der Waals surface area contributed by atoms with Gasteiger partial charge in [-0.3, -0.25) is 9.59 Å². The molecule has 160 valence electrons. The van der Waals surface area contributed by atoms with Crippen molar-refractivity contribution in [3.05, 3.63) is 58.9 Å². The number of rotatable bonds is 6. The topological polar surface area (TPSA) is 67.4 Å². The highest BCUT2D eigenvalue weighted by molar-refractivity contribution is 6.05. The van der Waals surface area contributed by atoms with E-state index in [4.69, 9.17) is 4.74 Å². The minimum atomic E-state index is -4.49. The van der Waals surface area contributed by atoms with Gasteiger partial charge in [-0.15, -0.1) is 0 Å². The number of anilines is 1. The summed E-state index contributed by atoms with van der Waals surface area (Å²) in [5.74, 6) is -1.38. The SMILES string of the molecule is O=C(COc1ccc(C(=O)Nc2cccc(F)c2)c2c1CCCC2)NCC(F)(F)F. The van der Waals surface area contributed by atoms with Gasteiger partial charge in [0.15, 0.2) is 6.61 Å². The number of benzene rings is 2. The molecule has 0 saturated carbocycles. The molecule has 3 rings (SSSR count). The number of ether oxygens (including phenoxy) is 1. The van der Waals surface area contributed by atoms with Crippen LogP contribution in [0.5, 0.6) is 5.75 Å². The molecule has 0 spiro atoms. The molecule has 0 heterocycles. The van der Waals surface area contributed by atoms with Crippen molar-refractivity contribution in [1.82, 2.24) is 5.32 Å². The molecule has 0 radical (unpaired) electrons. The van der Waals surface area contributed by atoms with Gasteiger partial charge in [-0.25, -0.2) is 4.39 Å². The third kappa shape index (κ3) is 5.71. The predicted molar refractivity (Wildman–Crippen MR) is 102 cm³/mol. The Morgan fingerprint density at radius 2 is 1.77 bits per heavy atom. The Labute approximate surface area is 170 Å². The molecule has 0 saturated heterocycles. The van der Waals surface area contributed by atoms with Crippen molar-refractivity contribution >= 4 is 17.5 Å². The number of nitrogens with one attached hydrogen (secondary N) is 2. The lowest BCUT2D eigenvalue weighted by molar-refractivity contribution is -0.139. The fraction of sp³-hybridized carbons (Fsp3) is 0.333. The van der Waals surface area contributed by atoms with Crippen LogP contribution in [0.25, 0.3) is 0 Å². The van der Waals surface area contributed by atoms with Crippen LogP contribution in [0.2, 0.25) is 0 Å². The second-order valence-corrected chi connectivity index (χ2v) is 6.92. The van der Waals surface area contributed by atoms with Gasteiger partial charge < -0.3 is 15.4 Å². The average molecular weight is 424 g/mol. The second kappa shape index (κ2) is 9.15. The van der Waals surface area contributed by atoms with Crippen LogP contribution in [0.3, 0.4) is 0 Å². The molecule has 0 atom stereocenters. The number of hydrogen-bond donors (Lipinski definition) is 2. The molecule has 0 fully saturated rings. The molecule has 0 bridgehead atoms. The molecule has 2 amide bonds. The number of hydrogen-bond acceptors (Lipinski definition) is 3. The van der Waals surface area contributed by atoms with Gasteiger partial charge in [0, 0.05) is 11.3 Å². The maximum absolute atomic E-state index is 13.4. The first-order chi connectivity index (χ1) is 14.2. The van der Waals surface area contributed by atoms with Gasteiger partial charge in [-0.1, -0.05) is 6.07 Å². The van der Waals surface area contributed by atoms with Crippen molar-refractivity contribution in [2.45, 2.75) is 31.9 Å². The lowest BCUT2D eigenvalue weighted by Crippen LogP contribution is -2.36. The normalized spacial score (nSPS) is 13.3. The average Bonchev–Trinajstić information content (AvgIpc) is 2.69. The van der Waals surface area contributed by atoms with Crippen molar-refractivity contribution in [3.63, 3.8) is 0 Å². The highest BCUT2D eigenvalue weighted by Crippen LogP contribution is 2.33. The Morgan fingerprint density at radius 1 is 1.03 bits per heavy atom. The molecule has 2 aromatic rings. The lowest BCUT2D eigenvalue weighted by Gasteiger charge is -2.22. The molecule has 0 unspecified atom stereocenters. The monoisotopic (exact) mass is 424 g/mol. The summed E-state index contributed by atoms with van der Waals surface area (Å²) < 4.78 is 55.4. The fourth-order valence-corrected chi connectivity index (χ4v) is 3.34. The Balaban J connectivity index is 1.73. The first-order valence-electron chi connectivity index (χ1n) is 9.41. The van der Waals surface area contributed by atoms with Crippen LogP contribution in [0.15, 0.2) is 36.4 Å². The summed E-state index contributed by atoms with van der Waals surface area (Å²) in [4.78, 5) is 24.3. The first kappa shape index (κ1) is 21.6. The third-order valence-electron chi connectivity index (χ3n) is 4.66. The molecule has 2 aromatic carbocycles. The summed E-state index contributed by atoms with van der Waals surface area (Å²) in [5, 5.41) is 4.41. The number of carbonyl (C=O) groups excluding carboxylic acids is 2. The molecular formula is C21H20F4N2O3. The summed E-state index contributed by atoms with van der Waals surface area (Å²) in [6.07, 6.45) is -1.53. The molecule has 0 aromatic heterocycles. The second-order valence-electron chi connectivity index (χ2n) is 6.92. The Hall–Kier alpha value is -3.10. The quantitative estimate of drug-likeness (QED) is 0.689. The minimum absolute atomic E-state index is 0.325. The van der Waals surface area contributed by atoms with Crippen LogP contribution in [0.4, 0.5) is 23.2 Å². The largest absolute Gasteiger partial charge is 0.483 e. The fourth-order valence-electron chi connectivity index (χ4n) is 3.34. The highest BCUT2D eigenvalue weighted by Gasteiger charge is 2.28. The lowest BCUT2D eigenvalue weighted by atomic mass is 9.87. The standard InChI is InChI=1S/C21H20F4N2O3/c22-13-4-3-5-14(10-13)27-20(29)17-8-9-18(16-7-2-1-6-15(16)17)30-11-19(28)26-12-21(23,24)25/h3-5,8-10H,1-2,6-7,11-12H2,(H,26,28)(H,27,29). The van der Waals surface area contributed by atoms with Crippen LogP contribution in [0.1, 0.15) is 34.3 Å². The van der Waals surface area contributed by atoms with E-state index in [-0.39, 0.29) is 0 Å². The van der Waals surface area contributed by atoms with Crippen LogP contribution < -0.4 is 15.4 Å². The van der Waals surface area contributed by atoms with Crippen LogP contribution >= 0.6 is 0 Å². The number of amides is 2. The zero-order valence-electron chi connectivity index (χ0n) is 15.9. The van der Waals surface area contributed by atoms with Crippen LogP contribution in [-0.4, -0.2) is 31.1 Å². The first-order valence-corrected chi connectivity index (χ1v) is 9.41. The summed E-state index contributed by atoms with van der Waals surface area (Å²) in [5.41, 5.74) is 2.27. The van der Waals surface area contributed by atoms with Gasteiger partial charge in [0.05, 0.1) is 0 Å². The number of halogens is 4. The number of alkyl halides is 3. The van der Waals surface area contributed by atoms with E-state index in [0.29, 0.717) is 29.8 Å². The maximum atomic E-state index is 13.4. The van der Waals surface area contributed by atoms with E-state index in [2.05, 4.69) is 5.32 Å². The maximum Gasteiger partial charge on any atom is 0.405 e. The van der Waals surface area contributed by atoms with E-state index in [1.807, 2.05) is 0 Å². The van der Waals surface area contributed by atoms with Gasteiger partial charge in [0.25, 0.3) is 11.8 Å². The molecule has 30 heavy (non-hydrogen) atoms. The molecule has 1 aliphatic rings. The Kier molecular flexibility index (Phi) is 6.59. The van der Waals surface area contributed by atoms with Gasteiger partial charge in [0.1, 0.15) is 18.1 Å². The van der Waals surface area contributed by atoms with Crippen LogP contribution in [0, 0.1) is 5.82 Å². The van der Waals surface area contributed by atoms with E-state index in [1.54, 1.807) is 17.4 Å². The van der Waals surface area contributed by atoms with E-state index in [1.165, 1.54) is 24.3 Å².